The van der Waals surface area contributed by atoms with Crippen LogP contribution in [0.4, 0.5) is 17.6 Å². The lowest BCUT2D eigenvalue weighted by molar-refractivity contribution is 0.0455. The number of aryl methyl sites for hydroxylation is 2. The van der Waals surface area contributed by atoms with Crippen LogP contribution < -0.4 is 11.1 Å². The van der Waals surface area contributed by atoms with Crippen LogP contribution in [0.2, 0.25) is 0 Å². The normalized spacial score (nSPS) is 10.6. The van der Waals surface area contributed by atoms with Crippen molar-refractivity contribution in [3.8, 4) is 0 Å². The van der Waals surface area contributed by atoms with Gasteiger partial charge >= 0.3 is 5.97 Å². The second kappa shape index (κ2) is 8.09. The first kappa shape index (κ1) is 20.0. The van der Waals surface area contributed by atoms with Crippen LogP contribution in [0, 0.1) is 20.8 Å². The Bertz CT molecular complexity index is 1090. The summed E-state index contributed by atoms with van der Waals surface area (Å²) in [6.45, 7) is 6.64. The first-order valence-electron chi connectivity index (χ1n) is 8.96. The van der Waals surface area contributed by atoms with E-state index in [1.807, 2.05) is 31.2 Å². The van der Waals surface area contributed by atoms with E-state index >= 15 is 0 Å². The molecule has 0 atom stereocenters. The van der Waals surface area contributed by atoms with Gasteiger partial charge < -0.3 is 20.8 Å². The summed E-state index contributed by atoms with van der Waals surface area (Å²) in [7, 11) is 0. The number of nitrogens with two attached hydrogens (primary N) is 1. The maximum absolute atomic E-state index is 12.4. The fourth-order valence-electron chi connectivity index (χ4n) is 3.08. The fraction of sp³-hybridized carbons (Fsp3) is 0.250. The number of aromatic nitrogens is 4. The fourth-order valence-corrected chi connectivity index (χ4v) is 3.08. The van der Waals surface area contributed by atoms with Gasteiger partial charge in [0.25, 0.3) is 0 Å². The molecule has 0 bridgehead atoms. The summed E-state index contributed by atoms with van der Waals surface area (Å²) >= 11 is 0. The number of carbonyl (C=O) groups is 2. The van der Waals surface area contributed by atoms with Gasteiger partial charge in [-0.3, -0.25) is 4.79 Å². The average molecular weight is 394 g/mol. The van der Waals surface area contributed by atoms with Crippen LogP contribution in [0.3, 0.4) is 0 Å². The van der Waals surface area contributed by atoms with E-state index in [1.54, 1.807) is 13.8 Å². The van der Waals surface area contributed by atoms with Crippen molar-refractivity contribution >= 4 is 29.3 Å². The molecule has 0 aliphatic rings. The molecular weight excluding hydrogens is 372 g/mol. The lowest BCUT2D eigenvalue weighted by atomic mass is 10.1. The molecule has 0 aliphatic heterocycles. The van der Waals surface area contributed by atoms with E-state index in [0.29, 0.717) is 16.8 Å². The maximum atomic E-state index is 12.4. The molecule has 150 valence electrons. The topological polar surface area (TPSA) is 136 Å². The predicted octanol–water partition coefficient (Wildman–Crippen LogP) is 3.01. The van der Waals surface area contributed by atoms with Crippen molar-refractivity contribution in [3.63, 3.8) is 0 Å². The van der Waals surface area contributed by atoms with Gasteiger partial charge in [-0.05, 0) is 44.9 Å². The van der Waals surface area contributed by atoms with Gasteiger partial charge in [-0.2, -0.15) is 15.0 Å². The Labute approximate surface area is 167 Å². The van der Waals surface area contributed by atoms with Crippen LogP contribution in [0.5, 0.6) is 0 Å². The van der Waals surface area contributed by atoms with Crippen LogP contribution in [0.1, 0.15) is 50.4 Å². The van der Waals surface area contributed by atoms with Crippen molar-refractivity contribution < 1.29 is 14.3 Å². The van der Waals surface area contributed by atoms with E-state index in [0.717, 1.165) is 11.3 Å². The summed E-state index contributed by atoms with van der Waals surface area (Å²) in [6.07, 6.45) is 0. The van der Waals surface area contributed by atoms with Crippen LogP contribution in [-0.4, -0.2) is 31.7 Å². The van der Waals surface area contributed by atoms with E-state index in [-0.39, 0.29) is 35.8 Å². The Kier molecular flexibility index (Phi) is 5.58. The van der Waals surface area contributed by atoms with E-state index < -0.39 is 5.97 Å². The number of benzene rings is 1. The van der Waals surface area contributed by atoms with Gasteiger partial charge in [-0.25, -0.2) is 4.79 Å². The van der Waals surface area contributed by atoms with Crippen LogP contribution in [-0.2, 0) is 11.3 Å². The summed E-state index contributed by atoms with van der Waals surface area (Å²) in [5.74, 6) is -0.260. The number of esters is 1. The SMILES string of the molecule is CC(=O)c1c(C)[nH]c(C(=O)OCc2nc(N)nc(Nc3ccccc3C)n2)c1C. The lowest BCUT2D eigenvalue weighted by Crippen LogP contribution is -2.12. The third kappa shape index (κ3) is 4.40. The molecule has 0 spiro atoms. The van der Waals surface area contributed by atoms with Gasteiger partial charge in [0, 0.05) is 16.9 Å². The molecule has 3 rings (SSSR count). The van der Waals surface area contributed by atoms with E-state index in [1.165, 1.54) is 6.92 Å². The van der Waals surface area contributed by atoms with E-state index in [2.05, 4.69) is 25.3 Å². The minimum absolute atomic E-state index is 0.00731. The second-order valence-corrected chi connectivity index (χ2v) is 6.63. The molecule has 0 saturated carbocycles. The Morgan fingerprint density at radius 3 is 2.52 bits per heavy atom. The van der Waals surface area contributed by atoms with Gasteiger partial charge in [0.1, 0.15) is 5.69 Å². The molecule has 9 heteroatoms. The average Bonchev–Trinajstić information content (AvgIpc) is 2.95. The van der Waals surface area contributed by atoms with Gasteiger partial charge in [0.15, 0.2) is 18.2 Å². The number of aromatic amines is 1. The molecule has 1 aromatic carbocycles. The Morgan fingerprint density at radius 1 is 1.14 bits per heavy atom. The molecule has 29 heavy (non-hydrogen) atoms. The van der Waals surface area contributed by atoms with Crippen molar-refractivity contribution in [2.45, 2.75) is 34.3 Å². The highest BCUT2D eigenvalue weighted by atomic mass is 16.5. The summed E-state index contributed by atoms with van der Waals surface area (Å²) in [5, 5.41) is 3.08. The molecule has 9 nitrogen and oxygen atoms in total. The number of hydrogen-bond acceptors (Lipinski definition) is 8. The molecule has 0 unspecified atom stereocenters. The van der Waals surface area contributed by atoms with E-state index in [4.69, 9.17) is 10.5 Å². The number of ketones is 1. The van der Waals surface area contributed by atoms with Crippen LogP contribution in [0.15, 0.2) is 24.3 Å². The summed E-state index contributed by atoms with van der Waals surface area (Å²) in [4.78, 5) is 39.4. The largest absolute Gasteiger partial charge is 0.453 e. The van der Waals surface area contributed by atoms with Gasteiger partial charge in [0.05, 0.1) is 0 Å². The minimum Gasteiger partial charge on any atom is -0.453 e. The van der Waals surface area contributed by atoms with E-state index in [9.17, 15) is 9.59 Å². The van der Waals surface area contributed by atoms with Crippen molar-refractivity contribution in [1.29, 1.82) is 0 Å². The number of Topliss-reactive ketones (excluding diaryl/α,β-unsaturated/α-hetero) is 1. The smallest absolute Gasteiger partial charge is 0.355 e. The number of nitrogen functional groups attached to an aromatic ring is 1. The number of nitrogens with one attached hydrogen (secondary N) is 2. The van der Waals surface area contributed by atoms with Crippen molar-refractivity contribution in [2.75, 3.05) is 11.1 Å². The van der Waals surface area contributed by atoms with Crippen molar-refractivity contribution in [3.05, 3.63) is 58.2 Å². The third-order valence-electron chi connectivity index (χ3n) is 4.42. The summed E-state index contributed by atoms with van der Waals surface area (Å²) in [6, 6.07) is 7.65. The predicted molar refractivity (Wildman–Crippen MR) is 108 cm³/mol. The van der Waals surface area contributed by atoms with Crippen molar-refractivity contribution in [2.24, 2.45) is 0 Å². The molecule has 0 fully saturated rings. The number of H-pyrrole nitrogens is 1. The highest BCUT2D eigenvalue weighted by Gasteiger charge is 2.21. The Balaban J connectivity index is 1.75. The quantitative estimate of drug-likeness (QED) is 0.429. The van der Waals surface area contributed by atoms with Gasteiger partial charge in [-0.1, -0.05) is 18.2 Å². The minimum atomic E-state index is -0.606. The lowest BCUT2D eigenvalue weighted by Gasteiger charge is -2.09. The highest BCUT2D eigenvalue weighted by Crippen LogP contribution is 2.20. The monoisotopic (exact) mass is 394 g/mol. The van der Waals surface area contributed by atoms with Crippen LogP contribution >= 0.6 is 0 Å². The van der Waals surface area contributed by atoms with Gasteiger partial charge in [-0.15, -0.1) is 0 Å². The first-order chi connectivity index (χ1) is 13.8. The molecule has 0 aliphatic carbocycles. The maximum Gasteiger partial charge on any atom is 0.355 e. The summed E-state index contributed by atoms with van der Waals surface area (Å²) < 4.78 is 5.31. The molecule has 0 saturated heterocycles. The molecule has 0 radical (unpaired) electrons. The zero-order chi connectivity index (χ0) is 21.1. The molecule has 3 aromatic rings. The van der Waals surface area contributed by atoms with Gasteiger partial charge in [0.2, 0.25) is 11.9 Å². The molecule has 4 N–H and O–H groups in total. The molecule has 2 heterocycles. The van der Waals surface area contributed by atoms with Crippen LogP contribution in [0.25, 0.3) is 0 Å². The molecular formula is C20H22N6O3. The summed E-state index contributed by atoms with van der Waals surface area (Å²) in [5.41, 5.74) is 9.50. The number of ether oxygens (including phenoxy) is 1. The molecule has 0 amide bonds. The zero-order valence-corrected chi connectivity index (χ0v) is 16.7. The highest BCUT2D eigenvalue weighted by molar-refractivity contribution is 6.01. The second-order valence-electron chi connectivity index (χ2n) is 6.63. The Hall–Kier alpha value is -3.75. The first-order valence-corrected chi connectivity index (χ1v) is 8.96. The number of para-hydroxylation sites is 1. The number of anilines is 3. The number of rotatable bonds is 6. The number of nitrogens with zero attached hydrogens (tertiary/aromatic N) is 3. The number of hydrogen-bond donors (Lipinski definition) is 3. The third-order valence-corrected chi connectivity index (χ3v) is 4.42. The molecule has 2 aromatic heterocycles. The van der Waals surface area contributed by atoms with Crippen molar-refractivity contribution in [1.82, 2.24) is 19.9 Å². The Morgan fingerprint density at radius 2 is 1.86 bits per heavy atom. The standard InChI is InChI=1S/C20H22N6O3/c1-10-7-5-6-8-14(10)23-20-25-15(24-19(21)26-20)9-29-18(28)17-11(2)16(13(4)27)12(3)22-17/h5-8,22H,9H2,1-4H3,(H3,21,23,24,25,26). The number of carbonyl (C=O) groups excluding carboxylic acids is 2. The zero-order valence-electron chi connectivity index (χ0n) is 16.7.